The molecule has 6 aliphatic rings. The first kappa shape index (κ1) is 44.2. The molecule has 6 rings (SSSR count). The Hall–Kier alpha value is -1.40. The number of aliphatic hydroxyl groups excluding tert-OH is 7. The number of hydrogen-bond acceptors (Lipinski definition) is 14. The average molecular weight is 797 g/mol. The van der Waals surface area contributed by atoms with Gasteiger partial charge in [0.1, 0.15) is 48.8 Å². The Morgan fingerprint density at radius 1 is 0.750 bits per heavy atom. The summed E-state index contributed by atoms with van der Waals surface area (Å²) in [7, 11) is 0. The average Bonchev–Trinajstić information content (AvgIpc) is 3.50. The van der Waals surface area contributed by atoms with E-state index >= 15 is 0 Å². The fourth-order valence-electron chi connectivity index (χ4n) is 13.3. The van der Waals surface area contributed by atoms with Crippen LogP contribution >= 0.6 is 0 Å². The molecule has 0 radical (unpaired) electrons. The fourth-order valence-corrected chi connectivity index (χ4v) is 13.3. The van der Waals surface area contributed by atoms with Crippen molar-refractivity contribution in [2.45, 2.75) is 192 Å². The van der Waals surface area contributed by atoms with E-state index in [-0.39, 0.29) is 40.8 Å². The maximum absolute atomic E-state index is 12.2. The van der Waals surface area contributed by atoms with Crippen LogP contribution in [0.15, 0.2) is 11.6 Å². The minimum atomic E-state index is -1.87. The lowest BCUT2D eigenvalue weighted by atomic mass is 9.35. The number of fused-ring (bicyclic) bond motifs is 5. The fraction of sp³-hybridized carbons (Fsp3) is 0.905. The number of rotatable bonds is 10. The van der Waals surface area contributed by atoms with Crippen molar-refractivity contribution in [3.8, 4) is 0 Å². The summed E-state index contributed by atoms with van der Waals surface area (Å²) in [5.74, 6) is -0.110. The Labute approximate surface area is 330 Å². The lowest BCUT2D eigenvalue weighted by Crippen LogP contribution is -2.70. The highest BCUT2D eigenvalue weighted by atomic mass is 16.8. The predicted molar refractivity (Wildman–Crippen MR) is 200 cm³/mol. The molecule has 14 nitrogen and oxygen atoms in total. The maximum Gasteiger partial charge on any atom is 0.187 e. The van der Waals surface area contributed by atoms with E-state index in [1.807, 2.05) is 20.8 Å². The molecule has 14 heteroatoms. The quantitative estimate of drug-likeness (QED) is 0.0891. The molecule has 2 heterocycles. The van der Waals surface area contributed by atoms with Crippen molar-refractivity contribution in [2.24, 2.45) is 45.3 Å². The van der Waals surface area contributed by atoms with Crippen LogP contribution in [0.5, 0.6) is 0 Å². The summed E-state index contributed by atoms with van der Waals surface area (Å²) in [6.45, 7) is 16.9. The number of aldehydes is 2. The van der Waals surface area contributed by atoms with Crippen LogP contribution in [0.2, 0.25) is 0 Å². The summed E-state index contributed by atoms with van der Waals surface area (Å²) in [6.07, 6.45) is -11.5. The Balaban J connectivity index is 1.26. The first-order chi connectivity index (χ1) is 26.0. The third-order valence-corrected chi connectivity index (χ3v) is 16.3. The van der Waals surface area contributed by atoms with E-state index in [0.29, 0.717) is 25.5 Å². The second-order valence-corrected chi connectivity index (χ2v) is 20.0. The van der Waals surface area contributed by atoms with Gasteiger partial charge in [-0.05, 0) is 117 Å². The number of carbonyl (C=O) groups excluding carboxylic acids is 2. The second-order valence-electron chi connectivity index (χ2n) is 20.0. The van der Waals surface area contributed by atoms with Crippen molar-refractivity contribution in [2.75, 3.05) is 0 Å². The van der Waals surface area contributed by atoms with E-state index in [9.17, 15) is 50.4 Å². The molecule has 15 unspecified atom stereocenters. The zero-order valence-electron chi connectivity index (χ0n) is 34.2. The zero-order chi connectivity index (χ0) is 41.5. The summed E-state index contributed by atoms with van der Waals surface area (Å²) in [6, 6.07) is 0. The van der Waals surface area contributed by atoms with Gasteiger partial charge in [-0.3, -0.25) is 0 Å². The van der Waals surface area contributed by atoms with Crippen LogP contribution in [0, 0.1) is 45.3 Å². The largest absolute Gasteiger partial charge is 0.393 e. The molecule has 21 atom stereocenters. The molecule has 8 N–H and O–H groups in total. The molecule has 320 valence electrons. The predicted octanol–water partition coefficient (Wildman–Crippen LogP) is 1.53. The number of carbonyl (C=O) groups is 2. The van der Waals surface area contributed by atoms with E-state index < -0.39 is 96.2 Å². The molecule has 6 fully saturated rings. The molecule has 0 aromatic carbocycles. The van der Waals surface area contributed by atoms with Gasteiger partial charge in [0, 0.05) is 0 Å². The number of allylic oxidation sites excluding steroid dienone is 2. The molecule has 0 aromatic rings. The lowest BCUT2D eigenvalue weighted by molar-refractivity contribution is -0.374. The Kier molecular flexibility index (Phi) is 12.3. The monoisotopic (exact) mass is 796 g/mol. The third-order valence-electron chi connectivity index (χ3n) is 16.3. The van der Waals surface area contributed by atoms with E-state index in [1.54, 1.807) is 0 Å². The summed E-state index contributed by atoms with van der Waals surface area (Å²) in [5.41, 5.74) is -1.36. The van der Waals surface area contributed by atoms with Gasteiger partial charge in [-0.25, -0.2) is 0 Å². The van der Waals surface area contributed by atoms with Crippen molar-refractivity contribution in [1.82, 2.24) is 0 Å². The van der Waals surface area contributed by atoms with E-state index in [1.165, 1.54) is 5.57 Å². The molecule has 0 bridgehead atoms. The molecule has 0 amide bonds. The minimum Gasteiger partial charge on any atom is -0.393 e. The number of ether oxygens (including phenoxy) is 4. The molecule has 4 saturated carbocycles. The van der Waals surface area contributed by atoms with E-state index in [0.717, 1.165) is 32.1 Å². The second kappa shape index (κ2) is 15.6. The highest BCUT2D eigenvalue weighted by Crippen LogP contribution is 2.76. The van der Waals surface area contributed by atoms with Crippen LogP contribution in [0.4, 0.5) is 0 Å². The van der Waals surface area contributed by atoms with Crippen LogP contribution in [-0.2, 0) is 28.5 Å². The van der Waals surface area contributed by atoms with E-state index in [2.05, 4.69) is 40.7 Å². The molecule has 0 aromatic heterocycles. The molecule has 2 aliphatic heterocycles. The van der Waals surface area contributed by atoms with Crippen LogP contribution in [-0.4, -0.2) is 139 Å². The molecule has 4 aliphatic carbocycles. The van der Waals surface area contributed by atoms with Gasteiger partial charge in [-0.15, -0.1) is 0 Å². The minimum absolute atomic E-state index is 0.0213. The molecule has 56 heavy (non-hydrogen) atoms. The summed E-state index contributed by atoms with van der Waals surface area (Å²) < 4.78 is 23.7. The van der Waals surface area contributed by atoms with Crippen LogP contribution in [0.1, 0.15) is 107 Å². The normalized spacial score (nSPS) is 52.5. The zero-order valence-corrected chi connectivity index (χ0v) is 34.2. The van der Waals surface area contributed by atoms with Crippen LogP contribution in [0.25, 0.3) is 0 Å². The van der Waals surface area contributed by atoms with Gasteiger partial charge in [-0.1, -0.05) is 46.3 Å². The van der Waals surface area contributed by atoms with Crippen molar-refractivity contribution >= 4 is 12.6 Å². The van der Waals surface area contributed by atoms with Gasteiger partial charge >= 0.3 is 0 Å². The van der Waals surface area contributed by atoms with Crippen molar-refractivity contribution in [1.29, 1.82) is 0 Å². The Morgan fingerprint density at radius 3 is 1.95 bits per heavy atom. The highest BCUT2D eigenvalue weighted by molar-refractivity contribution is 5.58. The first-order valence-corrected chi connectivity index (χ1v) is 20.6. The molecular formula is C42H68O14. The van der Waals surface area contributed by atoms with Gasteiger partial charge < -0.3 is 69.4 Å². The summed E-state index contributed by atoms with van der Waals surface area (Å²) in [5, 5.41) is 89.4. The standard InChI is InChI=1S/C42H68O14/c1-20(2)10-9-13-42(8,52)21-11-14-41(7)28(21)22(45)16-27-39(5)17-23(46)35(38(3,4)26(39)12-15-40(27,41)6)56-37-34(32(50)30(48)25(19-44)54-37)55-36-33(51)31(49)29(47)24(18-43)53-36/h10,18-19,21-37,45-52H,9,11-17H2,1-8H3/t21?,22-,23-,24?,25?,26?,27?,28?,29?,30?,31?,32?,33?,34?,35?,36?,37?,39+,40-,41-,42+/m1/s1. The summed E-state index contributed by atoms with van der Waals surface area (Å²) in [4.78, 5) is 23.6. The topological polar surface area (TPSA) is 233 Å². The Bertz CT molecular complexity index is 1470. The van der Waals surface area contributed by atoms with Gasteiger partial charge in [0.05, 0.1) is 23.9 Å². The molecule has 2 saturated heterocycles. The van der Waals surface area contributed by atoms with Crippen molar-refractivity contribution in [3.63, 3.8) is 0 Å². The van der Waals surface area contributed by atoms with Gasteiger partial charge in [0.15, 0.2) is 25.2 Å². The van der Waals surface area contributed by atoms with Crippen LogP contribution < -0.4 is 0 Å². The lowest BCUT2D eigenvalue weighted by Gasteiger charge is -2.71. The highest BCUT2D eigenvalue weighted by Gasteiger charge is 2.72. The van der Waals surface area contributed by atoms with E-state index in [4.69, 9.17) is 18.9 Å². The summed E-state index contributed by atoms with van der Waals surface area (Å²) >= 11 is 0. The van der Waals surface area contributed by atoms with Gasteiger partial charge in [-0.2, -0.15) is 0 Å². The van der Waals surface area contributed by atoms with Crippen molar-refractivity contribution in [3.05, 3.63) is 11.6 Å². The SMILES string of the molecule is CC(C)=CCC[C@](C)(O)C1CC[C@]2(C)C1[C@H](O)CC1[C@@]3(C)C[C@@H](O)C(OC4OC(C=O)C(O)C(O)C4OC4OC(C=O)C(O)C(O)C4O)C(C)(C)C3CC[C@]12C. The van der Waals surface area contributed by atoms with Gasteiger partial charge in [0.2, 0.25) is 0 Å². The Morgan fingerprint density at radius 2 is 1.34 bits per heavy atom. The van der Waals surface area contributed by atoms with Crippen LogP contribution in [0.3, 0.4) is 0 Å². The van der Waals surface area contributed by atoms with Crippen molar-refractivity contribution < 1.29 is 69.4 Å². The molecule has 0 spiro atoms. The number of aliphatic hydroxyl groups is 8. The van der Waals surface area contributed by atoms with Gasteiger partial charge in [0.25, 0.3) is 0 Å². The number of hydrogen-bond donors (Lipinski definition) is 8. The maximum atomic E-state index is 12.2. The first-order valence-electron chi connectivity index (χ1n) is 20.6. The third kappa shape index (κ3) is 6.98. The molecular weight excluding hydrogens is 728 g/mol. The smallest absolute Gasteiger partial charge is 0.187 e.